The van der Waals surface area contributed by atoms with Crippen molar-refractivity contribution in [2.75, 3.05) is 13.1 Å². The van der Waals surface area contributed by atoms with Crippen molar-refractivity contribution in [1.29, 1.82) is 0 Å². The summed E-state index contributed by atoms with van der Waals surface area (Å²) in [5, 5.41) is 13.6. The second-order valence-electron chi connectivity index (χ2n) is 6.31. The molecule has 0 saturated heterocycles. The number of halogens is 2. The Bertz CT molecular complexity index is 488. The minimum Gasteiger partial charge on any atom is -0.387 e. The molecule has 0 spiro atoms. The lowest BCUT2D eigenvalue weighted by atomic mass is 9.71. The van der Waals surface area contributed by atoms with E-state index < -0.39 is 6.10 Å². The van der Waals surface area contributed by atoms with Gasteiger partial charge in [-0.2, -0.15) is 0 Å². The third kappa shape index (κ3) is 5.96. The summed E-state index contributed by atoms with van der Waals surface area (Å²) < 4.78 is 0. The fraction of sp³-hybridized carbons (Fsp3) is 0.588. The second-order valence-corrected chi connectivity index (χ2v) is 6.75. The van der Waals surface area contributed by atoms with Gasteiger partial charge in [-0.15, -0.1) is 12.4 Å². The number of amides is 1. The number of carbonyl (C=O) groups is 1. The molecule has 0 radical (unpaired) electrons. The van der Waals surface area contributed by atoms with Crippen LogP contribution in [0.1, 0.15) is 50.2 Å². The molecule has 1 aliphatic carbocycles. The van der Waals surface area contributed by atoms with Crippen molar-refractivity contribution >= 4 is 29.9 Å². The van der Waals surface area contributed by atoms with Gasteiger partial charge in [0, 0.05) is 18.0 Å². The van der Waals surface area contributed by atoms with Gasteiger partial charge >= 0.3 is 0 Å². The molecule has 2 rings (SSSR count). The molecule has 1 aromatic rings. The maximum absolute atomic E-state index is 12.2. The summed E-state index contributed by atoms with van der Waals surface area (Å²) >= 11 is 5.82. The van der Waals surface area contributed by atoms with Crippen LogP contribution in [0.15, 0.2) is 24.3 Å². The Morgan fingerprint density at radius 2 is 1.87 bits per heavy atom. The first kappa shape index (κ1) is 20.2. The quantitative estimate of drug-likeness (QED) is 0.728. The molecule has 23 heavy (non-hydrogen) atoms. The third-order valence-electron chi connectivity index (χ3n) is 4.63. The van der Waals surface area contributed by atoms with E-state index in [0.717, 1.165) is 31.2 Å². The minimum atomic E-state index is -0.721. The van der Waals surface area contributed by atoms with Crippen LogP contribution in [-0.2, 0) is 4.79 Å². The van der Waals surface area contributed by atoms with Crippen molar-refractivity contribution in [3.8, 4) is 0 Å². The van der Waals surface area contributed by atoms with E-state index in [1.807, 2.05) is 0 Å². The van der Waals surface area contributed by atoms with Crippen LogP contribution in [0.2, 0.25) is 5.02 Å². The van der Waals surface area contributed by atoms with Crippen LogP contribution in [-0.4, -0.2) is 24.1 Å². The van der Waals surface area contributed by atoms with Gasteiger partial charge in [-0.25, -0.2) is 0 Å². The monoisotopic (exact) mass is 360 g/mol. The fourth-order valence-corrected chi connectivity index (χ4v) is 3.30. The number of nitrogens with one attached hydrogen (secondary N) is 1. The first-order valence-corrected chi connectivity index (χ1v) is 8.33. The Morgan fingerprint density at radius 3 is 2.43 bits per heavy atom. The van der Waals surface area contributed by atoms with Crippen molar-refractivity contribution in [1.82, 2.24) is 5.32 Å². The summed E-state index contributed by atoms with van der Waals surface area (Å²) in [5.41, 5.74) is 6.60. The summed E-state index contributed by atoms with van der Waals surface area (Å²) in [5.74, 6) is -0.0274. The van der Waals surface area contributed by atoms with Crippen LogP contribution < -0.4 is 11.1 Å². The highest BCUT2D eigenvalue weighted by Gasteiger charge is 2.32. The molecule has 1 amide bonds. The molecule has 130 valence electrons. The highest BCUT2D eigenvalue weighted by Crippen LogP contribution is 2.38. The Kier molecular flexibility index (Phi) is 8.34. The Hall–Kier alpha value is -0.810. The molecular formula is C17H26Cl2N2O2. The van der Waals surface area contributed by atoms with Crippen LogP contribution in [0.3, 0.4) is 0 Å². The normalized spacial score (nSPS) is 17.9. The molecule has 6 heteroatoms. The SMILES string of the molecule is Cl.NCC1(CC(=O)NCC(O)c2ccc(Cl)cc2)CCCCC1. The van der Waals surface area contributed by atoms with Crippen LogP contribution in [0.25, 0.3) is 0 Å². The second kappa shape index (κ2) is 9.48. The molecule has 0 aromatic heterocycles. The summed E-state index contributed by atoms with van der Waals surface area (Å²) in [6, 6.07) is 6.99. The van der Waals surface area contributed by atoms with E-state index in [4.69, 9.17) is 17.3 Å². The molecule has 1 aliphatic rings. The standard InChI is InChI=1S/C17H25ClN2O2.ClH/c18-14-6-4-13(5-7-14)15(21)11-20-16(22)10-17(12-19)8-2-1-3-9-17;/h4-7,15,21H,1-3,8-12,19H2,(H,20,22);1H. The largest absolute Gasteiger partial charge is 0.387 e. The van der Waals surface area contributed by atoms with Crippen molar-refractivity contribution in [2.45, 2.75) is 44.6 Å². The predicted molar refractivity (Wildman–Crippen MR) is 95.9 cm³/mol. The van der Waals surface area contributed by atoms with Gasteiger partial charge in [0.15, 0.2) is 0 Å². The summed E-state index contributed by atoms with van der Waals surface area (Å²) in [7, 11) is 0. The zero-order valence-corrected chi connectivity index (χ0v) is 14.8. The van der Waals surface area contributed by atoms with Gasteiger partial charge < -0.3 is 16.2 Å². The molecule has 0 bridgehead atoms. The molecule has 1 atom stereocenters. The van der Waals surface area contributed by atoms with E-state index in [1.54, 1.807) is 24.3 Å². The van der Waals surface area contributed by atoms with Crippen LogP contribution in [0, 0.1) is 5.41 Å². The number of nitrogens with two attached hydrogens (primary N) is 1. The lowest BCUT2D eigenvalue weighted by molar-refractivity contribution is -0.124. The average Bonchev–Trinajstić information content (AvgIpc) is 2.54. The smallest absolute Gasteiger partial charge is 0.220 e. The van der Waals surface area contributed by atoms with Crippen LogP contribution in [0.4, 0.5) is 0 Å². The number of aliphatic hydroxyl groups is 1. The minimum absolute atomic E-state index is 0. The zero-order valence-electron chi connectivity index (χ0n) is 13.3. The first-order valence-electron chi connectivity index (χ1n) is 7.95. The maximum atomic E-state index is 12.2. The van der Waals surface area contributed by atoms with E-state index in [-0.39, 0.29) is 30.3 Å². The van der Waals surface area contributed by atoms with Gasteiger partial charge in [0.1, 0.15) is 0 Å². The number of rotatable bonds is 6. The van der Waals surface area contributed by atoms with Crippen molar-refractivity contribution in [3.05, 3.63) is 34.9 Å². The van der Waals surface area contributed by atoms with E-state index in [0.29, 0.717) is 18.0 Å². The summed E-state index contributed by atoms with van der Waals surface area (Å²) in [6.07, 6.45) is 5.32. The van der Waals surface area contributed by atoms with Crippen molar-refractivity contribution in [3.63, 3.8) is 0 Å². The first-order chi connectivity index (χ1) is 10.5. The fourth-order valence-electron chi connectivity index (χ4n) is 3.17. The predicted octanol–water partition coefficient (Wildman–Crippen LogP) is 3.21. The molecule has 1 fully saturated rings. The Morgan fingerprint density at radius 1 is 1.26 bits per heavy atom. The Labute approximate surface area is 149 Å². The highest BCUT2D eigenvalue weighted by atomic mass is 35.5. The number of aliphatic hydroxyl groups excluding tert-OH is 1. The van der Waals surface area contributed by atoms with E-state index in [1.165, 1.54) is 6.42 Å². The van der Waals surface area contributed by atoms with Gasteiger partial charge in [0.05, 0.1) is 6.10 Å². The molecule has 0 heterocycles. The van der Waals surface area contributed by atoms with E-state index in [9.17, 15) is 9.90 Å². The molecule has 4 nitrogen and oxygen atoms in total. The van der Waals surface area contributed by atoms with Gasteiger partial charge in [0.25, 0.3) is 0 Å². The molecule has 1 aromatic carbocycles. The molecule has 0 aliphatic heterocycles. The maximum Gasteiger partial charge on any atom is 0.220 e. The topological polar surface area (TPSA) is 75.4 Å². The van der Waals surface area contributed by atoms with Gasteiger partial charge in [0.2, 0.25) is 5.91 Å². The lowest BCUT2D eigenvalue weighted by Gasteiger charge is -2.35. The lowest BCUT2D eigenvalue weighted by Crippen LogP contribution is -2.39. The summed E-state index contributed by atoms with van der Waals surface area (Å²) in [6.45, 7) is 0.765. The zero-order chi connectivity index (χ0) is 16.0. The van der Waals surface area contributed by atoms with Gasteiger partial charge in [-0.05, 0) is 42.5 Å². The van der Waals surface area contributed by atoms with Crippen molar-refractivity contribution in [2.24, 2.45) is 11.1 Å². The van der Waals surface area contributed by atoms with Gasteiger partial charge in [-0.1, -0.05) is 43.0 Å². The van der Waals surface area contributed by atoms with E-state index >= 15 is 0 Å². The van der Waals surface area contributed by atoms with Gasteiger partial charge in [-0.3, -0.25) is 4.79 Å². The summed E-state index contributed by atoms with van der Waals surface area (Å²) in [4.78, 5) is 12.2. The van der Waals surface area contributed by atoms with E-state index in [2.05, 4.69) is 5.32 Å². The molecule has 1 saturated carbocycles. The third-order valence-corrected chi connectivity index (χ3v) is 4.88. The molecular weight excluding hydrogens is 335 g/mol. The van der Waals surface area contributed by atoms with Crippen LogP contribution in [0.5, 0.6) is 0 Å². The number of carbonyl (C=O) groups excluding carboxylic acids is 1. The highest BCUT2D eigenvalue weighted by molar-refractivity contribution is 6.30. The number of benzene rings is 1. The molecule has 4 N–H and O–H groups in total. The molecule has 1 unspecified atom stereocenters. The number of hydrogen-bond donors (Lipinski definition) is 3. The average molecular weight is 361 g/mol. The Balaban J connectivity index is 0.00000264. The van der Waals surface area contributed by atoms with Crippen molar-refractivity contribution < 1.29 is 9.90 Å². The number of hydrogen-bond acceptors (Lipinski definition) is 3. The van der Waals surface area contributed by atoms with Crippen LogP contribution >= 0.6 is 24.0 Å².